The lowest BCUT2D eigenvalue weighted by Gasteiger charge is -2.37. The summed E-state index contributed by atoms with van der Waals surface area (Å²) in [7, 11) is 5.43. The van der Waals surface area contributed by atoms with Crippen LogP contribution in [0.25, 0.3) is 0 Å². The van der Waals surface area contributed by atoms with Crippen LogP contribution in [-0.2, 0) is 15.1 Å². The van der Waals surface area contributed by atoms with E-state index in [1.807, 2.05) is 32.4 Å². The molecule has 9 heteroatoms. The van der Waals surface area contributed by atoms with E-state index >= 15 is 0 Å². The molecule has 2 aromatic carbocycles. The van der Waals surface area contributed by atoms with Crippen molar-refractivity contribution < 1.29 is 18.3 Å². The fraction of sp³-hybridized carbons (Fsp3) is 0.379. The first-order chi connectivity index (χ1) is 18.3. The van der Waals surface area contributed by atoms with Gasteiger partial charge in [-0.25, -0.2) is 8.78 Å². The average Bonchev–Trinajstić information content (AvgIpc) is 3.43. The van der Waals surface area contributed by atoms with E-state index < -0.39 is 5.60 Å². The standard InChI is InChI=1S/C29H34F2N4O2S/c1-34(16-5-17-35(2)28(36)26-19-38-27(33-26)21-6-4-15-32-18-21)20-29(37-3,22-7-11-24(30)12-8-22)23-9-13-25(31)14-10-23/h4,6-15,18,26-27,33H,5,16-17,19-20H2,1-3H3. The molecule has 1 aromatic heterocycles. The number of methoxy groups -OCH3 is 1. The molecule has 1 amide bonds. The van der Waals surface area contributed by atoms with E-state index in [0.29, 0.717) is 25.4 Å². The predicted octanol–water partition coefficient (Wildman–Crippen LogP) is 4.43. The number of amides is 1. The summed E-state index contributed by atoms with van der Waals surface area (Å²) in [5.41, 5.74) is 1.71. The number of halogens is 2. The fourth-order valence-corrected chi connectivity index (χ4v) is 6.05. The zero-order valence-electron chi connectivity index (χ0n) is 21.9. The van der Waals surface area contributed by atoms with E-state index in [1.165, 1.54) is 24.3 Å². The summed E-state index contributed by atoms with van der Waals surface area (Å²) in [4.78, 5) is 21.1. The fourth-order valence-electron chi connectivity index (χ4n) is 4.84. The van der Waals surface area contributed by atoms with Crippen LogP contribution in [0.2, 0.25) is 0 Å². The zero-order valence-corrected chi connectivity index (χ0v) is 22.8. The number of thioether (sulfide) groups is 1. The maximum atomic E-state index is 13.7. The van der Waals surface area contributed by atoms with Crippen LogP contribution in [0.5, 0.6) is 0 Å². The Morgan fingerprint density at radius 2 is 1.68 bits per heavy atom. The Hall–Kier alpha value is -2.85. The SMILES string of the molecule is COC(CN(C)CCCN(C)C(=O)C1CSC(c2cccnc2)N1)(c1ccc(F)cc1)c1ccc(F)cc1. The Bertz CT molecular complexity index is 1140. The number of likely N-dealkylation sites (N-methyl/N-ethyl adjacent to an activating group) is 2. The maximum Gasteiger partial charge on any atom is 0.240 e. The molecule has 2 atom stereocenters. The van der Waals surface area contributed by atoms with Crippen LogP contribution in [0.3, 0.4) is 0 Å². The molecule has 0 saturated carbocycles. The molecule has 3 aromatic rings. The van der Waals surface area contributed by atoms with Gasteiger partial charge < -0.3 is 14.5 Å². The van der Waals surface area contributed by atoms with E-state index in [4.69, 9.17) is 4.74 Å². The Kier molecular flexibility index (Phi) is 9.49. The van der Waals surface area contributed by atoms with Gasteiger partial charge in [-0.05, 0) is 67.0 Å². The summed E-state index contributed by atoms with van der Waals surface area (Å²) in [6, 6.07) is 16.1. The van der Waals surface area contributed by atoms with Crippen molar-refractivity contribution in [1.29, 1.82) is 0 Å². The Balaban J connectivity index is 1.35. The number of pyridine rings is 1. The zero-order chi connectivity index (χ0) is 27.1. The van der Waals surface area contributed by atoms with Gasteiger partial charge in [-0.15, -0.1) is 11.8 Å². The van der Waals surface area contributed by atoms with E-state index in [0.717, 1.165) is 23.1 Å². The molecule has 6 nitrogen and oxygen atoms in total. The van der Waals surface area contributed by atoms with Crippen molar-refractivity contribution in [2.45, 2.75) is 23.4 Å². The van der Waals surface area contributed by atoms with Gasteiger partial charge in [0.05, 0.1) is 11.4 Å². The molecule has 2 unspecified atom stereocenters. The lowest BCUT2D eigenvalue weighted by atomic mass is 9.85. The highest BCUT2D eigenvalue weighted by molar-refractivity contribution is 7.99. The van der Waals surface area contributed by atoms with Gasteiger partial charge in [0.1, 0.15) is 17.2 Å². The third-order valence-electron chi connectivity index (χ3n) is 6.94. The largest absolute Gasteiger partial charge is 0.367 e. The summed E-state index contributed by atoms with van der Waals surface area (Å²) in [6.45, 7) is 1.78. The number of ether oxygens (including phenoxy) is 1. The molecule has 38 heavy (non-hydrogen) atoms. The minimum atomic E-state index is -0.913. The van der Waals surface area contributed by atoms with Crippen molar-refractivity contribution >= 4 is 17.7 Å². The molecule has 0 radical (unpaired) electrons. The monoisotopic (exact) mass is 540 g/mol. The summed E-state index contributed by atoms with van der Waals surface area (Å²) in [5.74, 6) is 0.131. The van der Waals surface area contributed by atoms with E-state index in [2.05, 4.69) is 15.2 Å². The molecule has 202 valence electrons. The second-order valence-corrected chi connectivity index (χ2v) is 10.8. The number of nitrogens with zero attached hydrogens (tertiary/aromatic N) is 3. The predicted molar refractivity (Wildman–Crippen MR) is 147 cm³/mol. The van der Waals surface area contributed by atoms with Crippen molar-refractivity contribution in [3.63, 3.8) is 0 Å². The number of benzene rings is 2. The van der Waals surface area contributed by atoms with Crippen LogP contribution in [-0.4, -0.2) is 73.3 Å². The van der Waals surface area contributed by atoms with Gasteiger partial charge in [0.15, 0.2) is 0 Å². The van der Waals surface area contributed by atoms with Gasteiger partial charge in [0.2, 0.25) is 5.91 Å². The summed E-state index contributed by atoms with van der Waals surface area (Å²) >= 11 is 1.72. The highest BCUT2D eigenvalue weighted by atomic mass is 32.2. The minimum Gasteiger partial charge on any atom is -0.367 e. The first-order valence-corrected chi connectivity index (χ1v) is 13.7. The van der Waals surface area contributed by atoms with Crippen LogP contribution in [0.1, 0.15) is 28.5 Å². The quantitative estimate of drug-likeness (QED) is 0.388. The smallest absolute Gasteiger partial charge is 0.240 e. The normalized spacial score (nSPS) is 17.6. The minimum absolute atomic E-state index is 0.0669. The van der Waals surface area contributed by atoms with Crippen molar-refractivity contribution in [2.75, 3.05) is 46.6 Å². The third-order valence-corrected chi connectivity index (χ3v) is 8.21. The van der Waals surface area contributed by atoms with Gasteiger partial charge >= 0.3 is 0 Å². The molecule has 0 aliphatic carbocycles. The Labute approximate surface area is 227 Å². The number of aromatic nitrogens is 1. The molecule has 1 fully saturated rings. The van der Waals surface area contributed by atoms with Crippen LogP contribution in [0.15, 0.2) is 73.1 Å². The van der Waals surface area contributed by atoms with Crippen LogP contribution in [0.4, 0.5) is 8.78 Å². The van der Waals surface area contributed by atoms with Crippen molar-refractivity contribution in [3.05, 3.63) is 101 Å². The molecule has 1 aliphatic rings. The molecule has 2 heterocycles. The van der Waals surface area contributed by atoms with Crippen molar-refractivity contribution in [3.8, 4) is 0 Å². The Morgan fingerprint density at radius 3 is 2.24 bits per heavy atom. The second-order valence-electron chi connectivity index (χ2n) is 9.62. The number of carbonyl (C=O) groups excluding carboxylic acids is 1. The molecular formula is C29H34F2N4O2S. The first-order valence-electron chi connectivity index (χ1n) is 12.6. The number of hydrogen-bond donors (Lipinski definition) is 1. The molecule has 0 bridgehead atoms. The highest BCUT2D eigenvalue weighted by Crippen LogP contribution is 2.35. The summed E-state index contributed by atoms with van der Waals surface area (Å²) in [6.07, 6.45) is 4.33. The molecule has 1 saturated heterocycles. The lowest BCUT2D eigenvalue weighted by Crippen LogP contribution is -2.45. The third kappa shape index (κ3) is 6.58. The highest BCUT2D eigenvalue weighted by Gasteiger charge is 2.36. The number of nitrogens with one attached hydrogen (secondary N) is 1. The number of hydrogen-bond acceptors (Lipinski definition) is 6. The van der Waals surface area contributed by atoms with E-state index in [9.17, 15) is 13.6 Å². The van der Waals surface area contributed by atoms with Crippen molar-refractivity contribution in [2.24, 2.45) is 0 Å². The number of rotatable bonds is 11. The molecule has 0 spiro atoms. The first kappa shape index (κ1) is 28.2. The molecule has 4 rings (SSSR count). The van der Waals surface area contributed by atoms with Gasteiger partial charge in [0.25, 0.3) is 0 Å². The summed E-state index contributed by atoms with van der Waals surface area (Å²) in [5, 5.41) is 3.49. The van der Waals surface area contributed by atoms with Gasteiger partial charge in [-0.1, -0.05) is 30.3 Å². The van der Waals surface area contributed by atoms with Crippen molar-refractivity contribution in [1.82, 2.24) is 20.1 Å². The summed E-state index contributed by atoms with van der Waals surface area (Å²) < 4.78 is 33.4. The van der Waals surface area contributed by atoms with Crippen LogP contribution < -0.4 is 5.32 Å². The van der Waals surface area contributed by atoms with E-state index in [1.54, 1.807) is 54.2 Å². The van der Waals surface area contributed by atoms with Crippen LogP contribution >= 0.6 is 11.8 Å². The second kappa shape index (κ2) is 12.8. The lowest BCUT2D eigenvalue weighted by molar-refractivity contribution is -0.131. The Morgan fingerprint density at radius 1 is 1.05 bits per heavy atom. The van der Waals surface area contributed by atoms with Gasteiger partial charge in [0, 0.05) is 45.4 Å². The molecule has 1 aliphatic heterocycles. The topological polar surface area (TPSA) is 57.7 Å². The van der Waals surface area contributed by atoms with E-state index in [-0.39, 0.29) is 29.0 Å². The maximum absolute atomic E-state index is 13.7. The van der Waals surface area contributed by atoms with Gasteiger partial charge in [-0.2, -0.15) is 0 Å². The molecule has 1 N–H and O–H groups in total. The number of carbonyl (C=O) groups is 1. The van der Waals surface area contributed by atoms with Crippen LogP contribution in [0, 0.1) is 11.6 Å². The van der Waals surface area contributed by atoms with Gasteiger partial charge in [-0.3, -0.25) is 15.1 Å². The average molecular weight is 541 g/mol. The molecular weight excluding hydrogens is 506 g/mol.